The van der Waals surface area contributed by atoms with Crippen LogP contribution in [-0.2, 0) is 0 Å². The first-order valence-corrected chi connectivity index (χ1v) is 23.6. The predicted molar refractivity (Wildman–Crippen MR) is 222 cm³/mol. The molecule has 0 spiro atoms. The molecule has 0 saturated carbocycles. The van der Waals surface area contributed by atoms with E-state index < -0.39 is 0 Å². The van der Waals surface area contributed by atoms with E-state index in [0.717, 1.165) is 0 Å². The molecule has 0 heterocycles. The van der Waals surface area contributed by atoms with Gasteiger partial charge in [-0.25, -0.2) is 0 Å². The topological polar surface area (TPSA) is 0 Å². The maximum atomic E-state index is 2.40. The Hall–Kier alpha value is -0.0400. The highest BCUT2D eigenvalue weighted by Crippen LogP contribution is 2.21. The van der Waals surface area contributed by atoms with Crippen LogP contribution in [-0.4, -0.2) is 30.7 Å². The van der Waals surface area contributed by atoms with Gasteiger partial charge in [0.15, 0.2) is 0 Å². The van der Waals surface area contributed by atoms with Gasteiger partial charge in [-0.15, -0.1) is 0 Å². The Morgan fingerprint density at radius 1 is 0.167 bits per heavy atom. The lowest BCUT2D eigenvalue weighted by molar-refractivity contribution is -0.929. The van der Waals surface area contributed by atoms with Gasteiger partial charge in [0.2, 0.25) is 0 Å². The molecule has 0 unspecified atom stereocenters. The molecule has 0 saturated heterocycles. The third kappa shape index (κ3) is 35.8. The number of hydrogen-bond donors (Lipinski definition) is 0. The molecule has 0 aromatic carbocycles. The molecule has 0 atom stereocenters. The molecule has 0 bridgehead atoms. The van der Waals surface area contributed by atoms with E-state index in [1.807, 2.05) is 0 Å². The van der Waals surface area contributed by atoms with Crippen LogP contribution in [0.5, 0.6) is 0 Å². The molecule has 48 heavy (non-hydrogen) atoms. The van der Waals surface area contributed by atoms with Crippen LogP contribution in [0.25, 0.3) is 0 Å². The maximum Gasteiger partial charge on any atom is 0.0786 e. The fraction of sp³-hybridized carbons (Fsp3) is 1.00. The highest BCUT2D eigenvalue weighted by Gasteiger charge is 2.25. The number of unbranched alkanes of at least 4 members (excludes halogenated alkanes) is 35. The number of hydrogen-bond acceptors (Lipinski definition) is 0. The number of quaternary nitrogens is 1. The Bertz CT molecular complexity index is 486. The molecule has 1 nitrogen and oxygen atoms in total. The van der Waals surface area contributed by atoms with Gasteiger partial charge >= 0.3 is 0 Å². The Morgan fingerprint density at radius 2 is 0.292 bits per heavy atom. The summed E-state index contributed by atoms with van der Waals surface area (Å²) in [7, 11) is 0. The van der Waals surface area contributed by atoms with E-state index in [-0.39, 0.29) is 0 Å². The Morgan fingerprint density at radius 3 is 0.479 bits per heavy atom. The van der Waals surface area contributed by atoms with Crippen LogP contribution >= 0.6 is 0 Å². The molecular weight excluding hydrogens is 579 g/mol. The summed E-state index contributed by atoms with van der Waals surface area (Å²) in [6, 6.07) is 0. The van der Waals surface area contributed by atoms with E-state index in [9.17, 15) is 0 Å². The van der Waals surface area contributed by atoms with Crippen molar-refractivity contribution in [3.05, 3.63) is 0 Å². The van der Waals surface area contributed by atoms with Gasteiger partial charge in [0.1, 0.15) is 0 Å². The van der Waals surface area contributed by atoms with Crippen molar-refractivity contribution in [1.82, 2.24) is 0 Å². The fourth-order valence-electron chi connectivity index (χ4n) is 8.23. The van der Waals surface area contributed by atoms with Crippen LogP contribution in [0.15, 0.2) is 0 Å². The molecule has 0 N–H and O–H groups in total. The molecule has 0 aromatic rings. The molecular formula is C47H98N+. The maximum absolute atomic E-state index is 2.40. The number of nitrogens with zero attached hydrogens (tertiary/aromatic N) is 1. The van der Waals surface area contributed by atoms with E-state index in [0.29, 0.717) is 0 Å². The lowest BCUT2D eigenvalue weighted by Crippen LogP contribution is -2.50. The van der Waals surface area contributed by atoms with Gasteiger partial charge in [-0.3, -0.25) is 0 Å². The highest BCUT2D eigenvalue weighted by molar-refractivity contribution is 4.56. The summed E-state index contributed by atoms with van der Waals surface area (Å²) in [6.45, 7) is 15.3. The van der Waals surface area contributed by atoms with Gasteiger partial charge in [0, 0.05) is 0 Å². The van der Waals surface area contributed by atoms with Crippen LogP contribution in [0.1, 0.15) is 278 Å². The van der Waals surface area contributed by atoms with Crippen molar-refractivity contribution in [3.63, 3.8) is 0 Å². The first kappa shape index (κ1) is 48.0. The summed E-state index contributed by atoms with van der Waals surface area (Å²) in [5, 5.41) is 0. The van der Waals surface area contributed by atoms with Crippen LogP contribution < -0.4 is 0 Å². The molecule has 0 aromatic heterocycles. The Labute approximate surface area is 307 Å². The summed E-state index contributed by atoms with van der Waals surface area (Å²) in [6.07, 6.45) is 57.2. The molecule has 0 aliphatic carbocycles. The first-order valence-electron chi connectivity index (χ1n) is 23.6. The summed E-state index contributed by atoms with van der Waals surface area (Å²) in [5.74, 6) is 0. The third-order valence-electron chi connectivity index (χ3n) is 11.7. The zero-order valence-electron chi connectivity index (χ0n) is 34.9. The van der Waals surface area contributed by atoms with Crippen LogP contribution in [0.3, 0.4) is 0 Å². The molecule has 0 radical (unpaired) electrons. The zero-order chi connectivity index (χ0) is 34.9. The molecule has 290 valence electrons. The molecule has 0 fully saturated rings. The van der Waals surface area contributed by atoms with Crippen molar-refractivity contribution in [1.29, 1.82) is 0 Å². The lowest BCUT2D eigenvalue weighted by atomic mass is 10.0. The molecule has 1 heteroatoms. The minimum absolute atomic E-state index is 1.37. The van der Waals surface area contributed by atoms with Crippen molar-refractivity contribution in [2.45, 2.75) is 278 Å². The minimum atomic E-state index is 1.37. The second kappa shape index (κ2) is 41.4. The van der Waals surface area contributed by atoms with E-state index in [2.05, 4.69) is 27.7 Å². The second-order valence-electron chi connectivity index (χ2n) is 16.6. The van der Waals surface area contributed by atoms with Gasteiger partial charge in [-0.05, 0) is 51.4 Å². The van der Waals surface area contributed by atoms with Crippen molar-refractivity contribution in [3.8, 4) is 0 Å². The van der Waals surface area contributed by atoms with Gasteiger partial charge in [-0.2, -0.15) is 0 Å². The second-order valence-corrected chi connectivity index (χ2v) is 16.6. The van der Waals surface area contributed by atoms with Crippen LogP contribution in [0, 0.1) is 0 Å². The molecule has 0 amide bonds. The standard InChI is InChI=1S/C47H98N/c1-5-9-13-16-19-22-25-28-31-34-37-41-45-48(44-40-12-8-4,46-42-38-35-32-29-26-23-20-17-14-10-6-2)47-43-39-36-33-30-27-24-21-18-15-11-7-3/h5-47H2,1-4H3/q+1. The third-order valence-corrected chi connectivity index (χ3v) is 11.7. The van der Waals surface area contributed by atoms with Crippen LogP contribution in [0.4, 0.5) is 0 Å². The fourth-order valence-corrected chi connectivity index (χ4v) is 8.23. The Kier molecular flexibility index (Phi) is 41.3. The van der Waals surface area contributed by atoms with Gasteiger partial charge in [0.05, 0.1) is 26.2 Å². The summed E-state index contributed by atoms with van der Waals surface area (Å²) in [5.41, 5.74) is 0. The van der Waals surface area contributed by atoms with E-state index in [1.165, 1.54) is 281 Å². The van der Waals surface area contributed by atoms with E-state index >= 15 is 0 Å². The smallest absolute Gasteiger partial charge is 0.0786 e. The minimum Gasteiger partial charge on any atom is -0.324 e. The average molecular weight is 677 g/mol. The molecule has 0 aliphatic rings. The van der Waals surface area contributed by atoms with Gasteiger partial charge in [0.25, 0.3) is 0 Å². The van der Waals surface area contributed by atoms with Crippen molar-refractivity contribution in [2.75, 3.05) is 26.2 Å². The monoisotopic (exact) mass is 677 g/mol. The van der Waals surface area contributed by atoms with Gasteiger partial charge in [-0.1, -0.05) is 227 Å². The summed E-state index contributed by atoms with van der Waals surface area (Å²) in [4.78, 5) is 0. The predicted octanol–water partition coefficient (Wildman–Crippen LogP) is 17.1. The summed E-state index contributed by atoms with van der Waals surface area (Å²) >= 11 is 0. The van der Waals surface area contributed by atoms with Crippen molar-refractivity contribution < 1.29 is 4.48 Å². The number of rotatable bonds is 43. The lowest BCUT2D eigenvalue weighted by Gasteiger charge is -2.39. The molecule has 0 aliphatic heterocycles. The van der Waals surface area contributed by atoms with Crippen LogP contribution in [0.2, 0.25) is 0 Å². The van der Waals surface area contributed by atoms with Gasteiger partial charge < -0.3 is 4.48 Å². The SMILES string of the molecule is CCCCCCCCCCCCCC[N+](CCCCC)(CCCCCCCCCCCCCC)CCCCCCCCCCCCCC. The zero-order valence-corrected chi connectivity index (χ0v) is 34.9. The van der Waals surface area contributed by atoms with E-state index in [1.54, 1.807) is 0 Å². The largest absolute Gasteiger partial charge is 0.324 e. The highest BCUT2D eigenvalue weighted by atomic mass is 15.3. The average Bonchev–Trinajstić information content (AvgIpc) is 3.09. The Balaban J connectivity index is 4.54. The van der Waals surface area contributed by atoms with Crippen molar-refractivity contribution in [2.24, 2.45) is 0 Å². The van der Waals surface area contributed by atoms with E-state index in [4.69, 9.17) is 0 Å². The molecule has 0 rings (SSSR count). The first-order chi connectivity index (χ1) is 23.7. The quantitative estimate of drug-likeness (QED) is 0.0445. The summed E-state index contributed by atoms with van der Waals surface area (Å²) < 4.78 is 1.48. The van der Waals surface area contributed by atoms with Crippen molar-refractivity contribution >= 4 is 0 Å². The normalized spacial score (nSPS) is 12.0.